The van der Waals surface area contributed by atoms with Gasteiger partial charge in [0.2, 0.25) is 5.91 Å². The fourth-order valence-electron chi connectivity index (χ4n) is 0.549. The molecular weight excluding hydrogens is 140 g/mol. The highest BCUT2D eigenvalue weighted by atomic mass is 16.1. The van der Waals surface area contributed by atoms with Gasteiger partial charge in [-0.15, -0.1) is 0 Å². The number of allylic oxidation sites excluding steroid dienone is 1. The summed E-state index contributed by atoms with van der Waals surface area (Å²) >= 11 is 0. The molecular formula is C8H14N2O. The molecule has 0 fully saturated rings. The van der Waals surface area contributed by atoms with E-state index in [9.17, 15) is 4.79 Å². The maximum atomic E-state index is 10.7. The third-order valence-electron chi connectivity index (χ3n) is 1.01. The quantitative estimate of drug-likeness (QED) is 0.448. The average molecular weight is 154 g/mol. The second-order valence-electron chi connectivity index (χ2n) is 1.95. The molecule has 0 rings (SSSR count). The van der Waals surface area contributed by atoms with E-state index < -0.39 is 0 Å². The molecule has 0 radical (unpaired) electrons. The van der Waals surface area contributed by atoms with E-state index in [0.29, 0.717) is 13.1 Å². The molecule has 0 spiro atoms. The van der Waals surface area contributed by atoms with Crippen LogP contribution in [0.3, 0.4) is 0 Å². The molecule has 3 nitrogen and oxygen atoms in total. The molecule has 0 heterocycles. The van der Waals surface area contributed by atoms with E-state index in [1.807, 2.05) is 6.08 Å². The summed E-state index contributed by atoms with van der Waals surface area (Å²) in [4.78, 5) is 10.7. The maximum absolute atomic E-state index is 10.7. The molecule has 0 bridgehead atoms. The van der Waals surface area contributed by atoms with Gasteiger partial charge in [0.05, 0.1) is 0 Å². The Hall–Kier alpha value is -1.09. The lowest BCUT2D eigenvalue weighted by Gasteiger charge is -1.94. The van der Waals surface area contributed by atoms with Crippen molar-refractivity contribution in [2.24, 2.45) is 5.73 Å². The molecule has 3 N–H and O–H groups in total. The van der Waals surface area contributed by atoms with Crippen molar-refractivity contribution in [1.29, 1.82) is 0 Å². The van der Waals surface area contributed by atoms with Gasteiger partial charge in [0.25, 0.3) is 0 Å². The van der Waals surface area contributed by atoms with Crippen LogP contribution in [0.2, 0.25) is 0 Å². The van der Waals surface area contributed by atoms with Crippen molar-refractivity contribution in [3.05, 3.63) is 24.3 Å². The molecule has 0 saturated carbocycles. The van der Waals surface area contributed by atoms with Gasteiger partial charge in [0, 0.05) is 13.1 Å². The van der Waals surface area contributed by atoms with Gasteiger partial charge >= 0.3 is 0 Å². The Morgan fingerprint density at radius 2 is 2.27 bits per heavy atom. The number of amides is 1. The van der Waals surface area contributed by atoms with Crippen molar-refractivity contribution in [3.8, 4) is 0 Å². The Balaban J connectivity index is 3.39. The summed E-state index contributed by atoms with van der Waals surface area (Å²) in [5.41, 5.74) is 5.19. The van der Waals surface area contributed by atoms with Crippen LogP contribution in [-0.4, -0.2) is 19.0 Å². The molecule has 0 atom stereocenters. The summed E-state index contributed by atoms with van der Waals surface area (Å²) in [7, 11) is 0. The largest absolute Gasteiger partial charge is 0.349 e. The van der Waals surface area contributed by atoms with Crippen molar-refractivity contribution < 1.29 is 4.79 Å². The molecule has 0 unspecified atom stereocenters. The highest BCUT2D eigenvalue weighted by Crippen LogP contribution is 1.72. The first-order valence-corrected chi connectivity index (χ1v) is 3.57. The van der Waals surface area contributed by atoms with Crippen molar-refractivity contribution in [1.82, 2.24) is 5.32 Å². The summed E-state index contributed by atoms with van der Waals surface area (Å²) < 4.78 is 0. The number of hydrogen-bond acceptors (Lipinski definition) is 2. The third-order valence-corrected chi connectivity index (χ3v) is 1.01. The minimum absolute atomic E-state index is 0.0748. The van der Waals surface area contributed by atoms with Crippen LogP contribution in [0.25, 0.3) is 0 Å². The highest BCUT2D eigenvalue weighted by Gasteiger charge is 1.87. The van der Waals surface area contributed by atoms with E-state index in [1.54, 1.807) is 19.1 Å². The highest BCUT2D eigenvalue weighted by molar-refractivity contribution is 5.87. The number of rotatable bonds is 4. The van der Waals surface area contributed by atoms with E-state index in [1.165, 1.54) is 6.08 Å². The lowest BCUT2D eigenvalue weighted by Crippen LogP contribution is -2.20. The summed E-state index contributed by atoms with van der Waals surface area (Å²) in [6.45, 7) is 2.86. The molecule has 0 aromatic heterocycles. The lowest BCUT2D eigenvalue weighted by atomic mass is 10.4. The van der Waals surface area contributed by atoms with Crippen LogP contribution < -0.4 is 11.1 Å². The first-order chi connectivity index (χ1) is 5.31. The van der Waals surface area contributed by atoms with Crippen molar-refractivity contribution in [3.63, 3.8) is 0 Å². The molecule has 0 aliphatic carbocycles. The van der Waals surface area contributed by atoms with E-state index in [2.05, 4.69) is 5.32 Å². The Morgan fingerprint density at radius 1 is 1.55 bits per heavy atom. The van der Waals surface area contributed by atoms with E-state index in [-0.39, 0.29) is 5.91 Å². The predicted octanol–water partition coefficient (Wildman–Crippen LogP) is 0.194. The summed E-state index contributed by atoms with van der Waals surface area (Å²) in [6, 6.07) is 0. The van der Waals surface area contributed by atoms with Crippen LogP contribution in [-0.2, 0) is 4.79 Å². The Morgan fingerprint density at radius 3 is 2.82 bits per heavy atom. The summed E-state index contributed by atoms with van der Waals surface area (Å²) in [6.07, 6.45) is 6.80. The van der Waals surface area contributed by atoms with E-state index in [0.717, 1.165) is 0 Å². The van der Waals surface area contributed by atoms with Crippen molar-refractivity contribution >= 4 is 5.91 Å². The SMILES string of the molecule is C/C=C/C(=O)NC/C=C/CN. The first kappa shape index (κ1) is 9.91. The molecule has 0 aliphatic rings. The Kier molecular flexibility index (Phi) is 6.33. The molecule has 1 amide bonds. The smallest absolute Gasteiger partial charge is 0.243 e. The zero-order valence-electron chi connectivity index (χ0n) is 6.71. The summed E-state index contributed by atoms with van der Waals surface area (Å²) in [5, 5.41) is 2.65. The van der Waals surface area contributed by atoms with Gasteiger partial charge in [0.1, 0.15) is 0 Å². The maximum Gasteiger partial charge on any atom is 0.243 e. The van der Waals surface area contributed by atoms with Gasteiger partial charge in [-0.25, -0.2) is 0 Å². The fraction of sp³-hybridized carbons (Fsp3) is 0.375. The Labute approximate surface area is 67.0 Å². The second kappa shape index (κ2) is 7.02. The number of hydrogen-bond donors (Lipinski definition) is 2. The van der Waals surface area contributed by atoms with Gasteiger partial charge in [-0.1, -0.05) is 18.2 Å². The molecule has 0 aromatic carbocycles. The van der Waals surface area contributed by atoms with Crippen LogP contribution in [0, 0.1) is 0 Å². The predicted molar refractivity (Wildman–Crippen MR) is 46.0 cm³/mol. The van der Waals surface area contributed by atoms with Gasteiger partial charge in [-0.3, -0.25) is 4.79 Å². The van der Waals surface area contributed by atoms with Crippen molar-refractivity contribution in [2.75, 3.05) is 13.1 Å². The van der Waals surface area contributed by atoms with Gasteiger partial charge in [-0.2, -0.15) is 0 Å². The van der Waals surface area contributed by atoms with E-state index >= 15 is 0 Å². The van der Waals surface area contributed by atoms with Gasteiger partial charge in [0.15, 0.2) is 0 Å². The molecule has 11 heavy (non-hydrogen) atoms. The Bertz CT molecular complexity index is 161. The monoisotopic (exact) mass is 154 g/mol. The zero-order chi connectivity index (χ0) is 8.53. The third kappa shape index (κ3) is 6.80. The molecule has 0 saturated heterocycles. The molecule has 0 aromatic rings. The van der Waals surface area contributed by atoms with Crippen LogP contribution in [0.1, 0.15) is 6.92 Å². The topological polar surface area (TPSA) is 55.1 Å². The van der Waals surface area contributed by atoms with Crippen LogP contribution in [0.4, 0.5) is 0 Å². The van der Waals surface area contributed by atoms with Gasteiger partial charge < -0.3 is 11.1 Å². The standard InChI is InChI=1S/C8H14N2O/c1-2-5-8(11)10-7-4-3-6-9/h2-5H,6-7,9H2,1H3,(H,10,11)/b4-3+,5-2+. The average Bonchev–Trinajstić information content (AvgIpc) is 1.99. The van der Waals surface area contributed by atoms with Crippen molar-refractivity contribution in [2.45, 2.75) is 6.92 Å². The van der Waals surface area contributed by atoms with Crippen LogP contribution in [0.15, 0.2) is 24.3 Å². The lowest BCUT2D eigenvalue weighted by molar-refractivity contribution is -0.116. The fourth-order valence-corrected chi connectivity index (χ4v) is 0.549. The second-order valence-corrected chi connectivity index (χ2v) is 1.95. The molecule has 62 valence electrons. The van der Waals surface area contributed by atoms with Crippen LogP contribution in [0.5, 0.6) is 0 Å². The van der Waals surface area contributed by atoms with Crippen LogP contribution >= 0.6 is 0 Å². The zero-order valence-corrected chi connectivity index (χ0v) is 6.71. The first-order valence-electron chi connectivity index (χ1n) is 3.57. The molecule has 0 aliphatic heterocycles. The molecule has 3 heteroatoms. The number of carbonyl (C=O) groups excluding carboxylic acids is 1. The number of carbonyl (C=O) groups is 1. The number of nitrogens with two attached hydrogens (primary N) is 1. The van der Waals surface area contributed by atoms with E-state index in [4.69, 9.17) is 5.73 Å². The minimum Gasteiger partial charge on any atom is -0.349 e. The normalized spacial score (nSPS) is 11.1. The minimum atomic E-state index is -0.0748. The number of nitrogens with one attached hydrogen (secondary N) is 1. The van der Waals surface area contributed by atoms with Gasteiger partial charge in [-0.05, 0) is 13.0 Å². The summed E-state index contributed by atoms with van der Waals surface area (Å²) in [5.74, 6) is -0.0748.